The van der Waals surface area contributed by atoms with Crippen molar-refractivity contribution in [2.75, 3.05) is 0 Å². The maximum absolute atomic E-state index is 12.6. The number of nitrogens with zero attached hydrogens (tertiary/aromatic N) is 1. The molecule has 0 aliphatic rings. The summed E-state index contributed by atoms with van der Waals surface area (Å²) in [6, 6.07) is 17.5. The van der Waals surface area contributed by atoms with Gasteiger partial charge in [0.25, 0.3) is 0 Å². The molecule has 0 aliphatic carbocycles. The van der Waals surface area contributed by atoms with E-state index in [0.717, 1.165) is 0 Å². The highest BCUT2D eigenvalue weighted by atomic mass is 35.5. The van der Waals surface area contributed by atoms with Crippen molar-refractivity contribution in [1.29, 1.82) is 5.26 Å². The molecule has 0 spiro atoms. The van der Waals surface area contributed by atoms with E-state index >= 15 is 0 Å². The minimum atomic E-state index is -3.92. The molecule has 0 aliphatic heterocycles. The molecule has 3 rings (SSSR count). The van der Waals surface area contributed by atoms with E-state index in [4.69, 9.17) is 32.4 Å². The average molecular weight is 434 g/mol. The van der Waals surface area contributed by atoms with Crippen molar-refractivity contribution in [3.63, 3.8) is 0 Å². The van der Waals surface area contributed by atoms with Gasteiger partial charge < -0.3 is 9.15 Å². The summed E-state index contributed by atoms with van der Waals surface area (Å²) in [6.45, 7) is 0.0964. The third-order valence-corrected chi connectivity index (χ3v) is 6.10. The van der Waals surface area contributed by atoms with Gasteiger partial charge >= 0.3 is 0 Å². The van der Waals surface area contributed by atoms with E-state index in [1.165, 1.54) is 18.2 Å². The minimum Gasteiger partial charge on any atom is -0.486 e. The summed E-state index contributed by atoms with van der Waals surface area (Å²) in [6.07, 6.45) is 1.19. The number of hydrogen-bond acceptors (Lipinski definition) is 5. The Balaban J connectivity index is 1.77. The van der Waals surface area contributed by atoms with Crippen molar-refractivity contribution < 1.29 is 17.6 Å². The van der Waals surface area contributed by atoms with Crippen LogP contribution in [0.3, 0.4) is 0 Å². The van der Waals surface area contributed by atoms with Crippen molar-refractivity contribution in [1.82, 2.24) is 0 Å². The largest absolute Gasteiger partial charge is 0.486 e. The van der Waals surface area contributed by atoms with Gasteiger partial charge in [-0.25, -0.2) is 8.42 Å². The highest BCUT2D eigenvalue weighted by Gasteiger charge is 2.21. The number of hydrogen-bond donors (Lipinski definition) is 0. The highest BCUT2D eigenvalue weighted by Crippen LogP contribution is 2.27. The zero-order valence-electron chi connectivity index (χ0n) is 14.3. The van der Waals surface area contributed by atoms with E-state index in [0.29, 0.717) is 21.6 Å². The predicted molar refractivity (Wildman–Crippen MR) is 107 cm³/mol. The fourth-order valence-corrected chi connectivity index (χ4v) is 3.75. The van der Waals surface area contributed by atoms with Crippen LogP contribution in [-0.2, 0) is 16.4 Å². The smallest absolute Gasteiger partial charge is 0.216 e. The molecule has 0 amide bonds. The SMILES string of the molecule is N#CC(=Cc1ccc(COc2ccc(Cl)c(Cl)c2)o1)S(=O)(=O)c1ccccc1. The molecule has 0 bridgehead atoms. The van der Waals surface area contributed by atoms with Crippen LogP contribution in [0.5, 0.6) is 5.75 Å². The average Bonchev–Trinajstić information content (AvgIpc) is 3.15. The molecule has 0 fully saturated rings. The van der Waals surface area contributed by atoms with Gasteiger partial charge in [-0.1, -0.05) is 41.4 Å². The lowest BCUT2D eigenvalue weighted by molar-refractivity contribution is 0.269. The van der Waals surface area contributed by atoms with Gasteiger partial charge in [0.2, 0.25) is 9.84 Å². The van der Waals surface area contributed by atoms with Gasteiger partial charge in [0, 0.05) is 12.1 Å². The summed E-state index contributed by atoms with van der Waals surface area (Å²) in [5, 5.41) is 10.1. The Kier molecular flexibility index (Phi) is 6.10. The van der Waals surface area contributed by atoms with E-state index in [2.05, 4.69) is 0 Å². The van der Waals surface area contributed by atoms with E-state index in [1.54, 1.807) is 54.6 Å². The molecule has 2 aromatic carbocycles. The first-order chi connectivity index (χ1) is 13.4. The molecule has 8 heteroatoms. The fraction of sp³-hybridized carbons (Fsp3) is 0.0500. The number of sulfone groups is 1. The van der Waals surface area contributed by atoms with Crippen molar-refractivity contribution in [2.45, 2.75) is 11.5 Å². The lowest BCUT2D eigenvalue weighted by atomic mass is 10.3. The van der Waals surface area contributed by atoms with Crippen molar-refractivity contribution in [2.24, 2.45) is 0 Å². The van der Waals surface area contributed by atoms with Crippen LogP contribution in [0, 0.1) is 11.3 Å². The van der Waals surface area contributed by atoms with Crippen LogP contribution in [0.15, 0.2) is 74.9 Å². The number of halogens is 2. The van der Waals surface area contributed by atoms with E-state index in [9.17, 15) is 13.7 Å². The number of furan rings is 1. The first-order valence-electron chi connectivity index (χ1n) is 7.98. The van der Waals surface area contributed by atoms with Gasteiger partial charge in [-0.3, -0.25) is 0 Å². The maximum atomic E-state index is 12.6. The summed E-state index contributed by atoms with van der Waals surface area (Å²) >= 11 is 11.8. The Hall–Kier alpha value is -2.72. The highest BCUT2D eigenvalue weighted by molar-refractivity contribution is 7.95. The van der Waals surface area contributed by atoms with Crippen LogP contribution in [0.25, 0.3) is 6.08 Å². The lowest BCUT2D eigenvalue weighted by Crippen LogP contribution is -2.03. The molecular formula is C20H13Cl2NO4S. The van der Waals surface area contributed by atoms with Gasteiger partial charge in [0.05, 0.1) is 14.9 Å². The zero-order chi connectivity index (χ0) is 20.1. The Bertz CT molecular complexity index is 1160. The fourth-order valence-electron chi connectivity index (χ4n) is 2.30. The summed E-state index contributed by atoms with van der Waals surface area (Å²) in [5.74, 6) is 1.18. The second-order valence-electron chi connectivity index (χ2n) is 5.61. The summed E-state index contributed by atoms with van der Waals surface area (Å²) in [7, 11) is -3.92. The Morgan fingerprint density at radius 2 is 1.82 bits per heavy atom. The molecule has 0 saturated carbocycles. The standard InChI is InChI=1S/C20H13Cl2NO4S/c21-19-9-8-14(11-20(19)22)26-13-16-7-6-15(27-16)10-18(12-23)28(24,25)17-4-2-1-3-5-17/h1-11H,13H2. The summed E-state index contributed by atoms with van der Waals surface area (Å²) in [4.78, 5) is -0.373. The van der Waals surface area contributed by atoms with Crippen molar-refractivity contribution in [3.8, 4) is 11.8 Å². The normalized spacial score (nSPS) is 11.8. The second-order valence-corrected chi connectivity index (χ2v) is 8.34. The zero-order valence-corrected chi connectivity index (χ0v) is 16.6. The Labute approximate surface area is 172 Å². The second kappa shape index (κ2) is 8.53. The first kappa shape index (κ1) is 20.0. The summed E-state index contributed by atoms with van der Waals surface area (Å²) in [5.41, 5.74) is 0. The van der Waals surface area contributed by atoms with Gasteiger partial charge in [-0.2, -0.15) is 5.26 Å². The number of benzene rings is 2. The molecule has 28 heavy (non-hydrogen) atoms. The molecule has 0 N–H and O–H groups in total. The summed E-state index contributed by atoms with van der Waals surface area (Å²) < 4.78 is 36.2. The quantitative estimate of drug-likeness (QED) is 0.479. The van der Waals surface area contributed by atoms with Crippen molar-refractivity contribution >= 4 is 39.1 Å². The van der Waals surface area contributed by atoms with Crippen molar-refractivity contribution in [3.05, 3.63) is 87.1 Å². The van der Waals surface area contributed by atoms with Crippen LogP contribution in [0.4, 0.5) is 0 Å². The lowest BCUT2D eigenvalue weighted by Gasteiger charge is -2.05. The Morgan fingerprint density at radius 3 is 2.50 bits per heavy atom. The van der Waals surface area contributed by atoms with Crippen LogP contribution in [0.2, 0.25) is 10.0 Å². The number of ether oxygens (including phenoxy) is 1. The van der Waals surface area contributed by atoms with Crippen LogP contribution in [-0.4, -0.2) is 8.42 Å². The third kappa shape index (κ3) is 4.57. The molecule has 0 saturated heterocycles. The van der Waals surface area contributed by atoms with Gasteiger partial charge in [-0.05, 0) is 36.4 Å². The molecule has 1 aromatic heterocycles. The monoisotopic (exact) mass is 433 g/mol. The number of nitriles is 1. The molecule has 0 radical (unpaired) electrons. The van der Waals surface area contributed by atoms with E-state index in [1.807, 2.05) is 0 Å². The van der Waals surface area contributed by atoms with Gasteiger partial charge in [0.15, 0.2) is 4.91 Å². The molecule has 0 unspecified atom stereocenters. The van der Waals surface area contributed by atoms with Crippen LogP contribution >= 0.6 is 23.2 Å². The third-order valence-electron chi connectivity index (χ3n) is 3.68. The maximum Gasteiger partial charge on any atom is 0.216 e. The van der Waals surface area contributed by atoms with Gasteiger partial charge in [-0.15, -0.1) is 0 Å². The predicted octanol–water partition coefficient (Wildman–Crippen LogP) is 5.50. The number of allylic oxidation sites excluding steroid dienone is 1. The topological polar surface area (TPSA) is 80.3 Å². The van der Waals surface area contributed by atoms with E-state index in [-0.39, 0.29) is 17.3 Å². The van der Waals surface area contributed by atoms with Crippen LogP contribution < -0.4 is 4.74 Å². The molecular weight excluding hydrogens is 421 g/mol. The molecule has 1 heterocycles. The molecule has 3 aromatic rings. The molecule has 142 valence electrons. The van der Waals surface area contributed by atoms with E-state index < -0.39 is 14.7 Å². The minimum absolute atomic E-state index is 0.0394. The number of rotatable bonds is 6. The Morgan fingerprint density at radius 1 is 1.07 bits per heavy atom. The molecule has 0 atom stereocenters. The first-order valence-corrected chi connectivity index (χ1v) is 10.2. The van der Waals surface area contributed by atoms with Gasteiger partial charge in [0.1, 0.15) is 29.9 Å². The molecule has 5 nitrogen and oxygen atoms in total. The van der Waals surface area contributed by atoms with Crippen LogP contribution in [0.1, 0.15) is 11.5 Å².